The number of ether oxygens (including phenoxy) is 1. The highest BCUT2D eigenvalue weighted by molar-refractivity contribution is 5.67. The summed E-state index contributed by atoms with van der Waals surface area (Å²) >= 11 is 0. The Balaban J connectivity index is -0.000000329. The fourth-order valence-electron chi connectivity index (χ4n) is 1.28. The molecule has 2 N–H and O–H groups in total. The van der Waals surface area contributed by atoms with Crippen LogP contribution in [0.15, 0.2) is 18.2 Å². The average molecular weight is 359 g/mol. The molecule has 0 heterocycles. The first-order chi connectivity index (χ1) is 11.6. The average Bonchev–Trinajstić information content (AvgIpc) is 2.49. The molecule has 0 unspecified atom stereocenters. The van der Waals surface area contributed by atoms with Crippen molar-refractivity contribution in [1.82, 2.24) is 5.32 Å². The van der Waals surface area contributed by atoms with E-state index >= 15 is 0 Å². The van der Waals surface area contributed by atoms with E-state index in [2.05, 4.69) is 18.2 Å². The van der Waals surface area contributed by atoms with Crippen molar-refractivity contribution in [3.8, 4) is 12.8 Å². The lowest BCUT2D eigenvalue weighted by Gasteiger charge is -2.19. The maximum absolute atomic E-state index is 12.2. The van der Waals surface area contributed by atoms with Gasteiger partial charge in [0.25, 0.3) is 0 Å². The molecule has 0 saturated heterocycles. The van der Waals surface area contributed by atoms with E-state index in [9.17, 15) is 13.6 Å². The highest BCUT2D eigenvalue weighted by Gasteiger charge is 2.15. The van der Waals surface area contributed by atoms with Gasteiger partial charge in [-0.2, -0.15) is 0 Å². The number of rotatable bonds is 3. The number of amides is 1. The summed E-state index contributed by atoms with van der Waals surface area (Å²) in [5, 5.41) is 10.9. The van der Waals surface area contributed by atoms with Gasteiger partial charge in [-0.3, -0.25) is 0 Å². The number of aliphatic hydroxyl groups excluding tert-OH is 1. The number of hydrogen-bond acceptors (Lipinski definition) is 3. The van der Waals surface area contributed by atoms with E-state index in [1.807, 2.05) is 13.8 Å². The molecule has 0 atom stereocenters. The molecule has 1 amide bonds. The summed E-state index contributed by atoms with van der Waals surface area (Å²) in [6.07, 6.45) is 8.12. The van der Waals surface area contributed by atoms with Crippen LogP contribution in [0, 0.1) is 31.4 Å². The molecule has 1 aromatic carbocycles. The number of carbonyl (C=O) groups is 1. The van der Waals surface area contributed by atoms with Crippen LogP contribution < -0.4 is 5.32 Å². The van der Waals surface area contributed by atoms with Crippen molar-refractivity contribution in [1.29, 1.82) is 0 Å². The van der Waals surface area contributed by atoms with E-state index in [0.717, 1.165) is 6.07 Å². The van der Waals surface area contributed by atoms with Crippen LogP contribution in [0.4, 0.5) is 13.6 Å². The summed E-state index contributed by atoms with van der Waals surface area (Å²) in [5.41, 5.74) is 0.149. The van der Waals surface area contributed by atoms with Crippen LogP contribution in [0.2, 0.25) is 0 Å². The van der Waals surface area contributed by atoms with Crippen molar-refractivity contribution >= 4 is 6.09 Å². The normalized spacial score (nSPS) is 9.08. The second kappa shape index (κ2) is 16.7. The Hall–Kier alpha value is -2.13. The molecule has 25 heavy (non-hydrogen) atoms. The number of nitrogens with one attached hydrogen (secondary N) is 1. The van der Waals surface area contributed by atoms with E-state index in [1.54, 1.807) is 27.7 Å². The van der Waals surface area contributed by atoms with Crippen LogP contribution in [0.25, 0.3) is 0 Å². The van der Waals surface area contributed by atoms with Gasteiger partial charge in [-0.25, -0.2) is 13.6 Å². The van der Waals surface area contributed by atoms with Gasteiger partial charge in [-0.05, 0) is 51.8 Å². The van der Waals surface area contributed by atoms with E-state index in [4.69, 9.17) is 9.84 Å². The predicted molar refractivity (Wildman–Crippen MR) is 98.3 cm³/mol. The maximum atomic E-state index is 12.2. The predicted octanol–water partition coefficient (Wildman–Crippen LogP) is 4.44. The lowest BCUT2D eigenvalue weighted by Crippen LogP contribution is -2.33. The minimum atomic E-state index is -0.521. The maximum Gasteiger partial charge on any atom is 0.407 e. The van der Waals surface area contributed by atoms with Crippen molar-refractivity contribution < 1.29 is 23.4 Å². The van der Waals surface area contributed by atoms with Gasteiger partial charge in [0.1, 0.15) is 17.2 Å². The summed E-state index contributed by atoms with van der Waals surface area (Å²) in [5.74, 6) is -1.04. The zero-order valence-electron chi connectivity index (χ0n) is 16.0. The Morgan fingerprint density at radius 1 is 1.16 bits per heavy atom. The van der Waals surface area contributed by atoms with E-state index < -0.39 is 23.3 Å². The van der Waals surface area contributed by atoms with Crippen molar-refractivity contribution in [3.63, 3.8) is 0 Å². The molecule has 0 aliphatic heterocycles. The zero-order chi connectivity index (χ0) is 20.5. The molecule has 0 aromatic heterocycles. The molecule has 0 radical (unpaired) electrons. The molecular weight excluding hydrogens is 328 g/mol. The van der Waals surface area contributed by atoms with Crippen molar-refractivity contribution in [3.05, 3.63) is 35.4 Å². The van der Waals surface area contributed by atoms with Gasteiger partial charge < -0.3 is 15.2 Å². The van der Waals surface area contributed by atoms with E-state index in [0.29, 0.717) is 18.5 Å². The van der Waals surface area contributed by atoms with Crippen LogP contribution in [0.5, 0.6) is 0 Å². The number of aliphatic hydroxyl groups is 1. The van der Waals surface area contributed by atoms with E-state index in [1.165, 1.54) is 12.1 Å². The Morgan fingerprint density at radius 2 is 1.60 bits per heavy atom. The van der Waals surface area contributed by atoms with E-state index in [-0.39, 0.29) is 6.61 Å². The molecule has 6 heteroatoms. The first kappa shape index (κ1) is 27.7. The van der Waals surface area contributed by atoms with Gasteiger partial charge in [0.2, 0.25) is 0 Å². The summed E-state index contributed by atoms with van der Waals surface area (Å²) in [6.45, 7) is 11.6. The van der Waals surface area contributed by atoms with Gasteiger partial charge in [0.15, 0.2) is 0 Å². The van der Waals surface area contributed by atoms with Crippen LogP contribution in [-0.2, 0) is 4.74 Å². The Morgan fingerprint density at radius 3 is 1.92 bits per heavy atom. The van der Waals surface area contributed by atoms with Crippen LogP contribution >= 0.6 is 0 Å². The Bertz CT molecular complexity index is 433. The number of terminal acetylenes is 1. The van der Waals surface area contributed by atoms with Gasteiger partial charge >= 0.3 is 6.09 Å². The molecule has 0 fully saturated rings. The standard InChI is InChI=1S/C8H17NO3.C7H6F2.C2H6.C2H2/c1-8(2,3)12-7(11)9-5-4-6-10;1-5-2-6(8)4-7(9)3-5;2*1-2/h10H,4-6H2,1-3H3,(H,9,11);2-4H,1H3;1-2H3;1-2H. The molecule has 0 aliphatic rings. The van der Waals surface area contributed by atoms with Crippen molar-refractivity contribution in [2.24, 2.45) is 0 Å². The third-order valence-corrected chi connectivity index (χ3v) is 2.01. The molecule has 0 spiro atoms. The first-order valence-electron chi connectivity index (χ1n) is 7.98. The van der Waals surface area contributed by atoms with Gasteiger partial charge in [0, 0.05) is 19.2 Å². The lowest BCUT2D eigenvalue weighted by molar-refractivity contribution is 0.0525. The second-order valence-corrected chi connectivity index (χ2v) is 5.45. The molecule has 1 rings (SSSR count). The zero-order valence-corrected chi connectivity index (χ0v) is 16.0. The summed E-state index contributed by atoms with van der Waals surface area (Å²) in [7, 11) is 0. The molecule has 0 bridgehead atoms. The van der Waals surface area contributed by atoms with Gasteiger partial charge in [0.05, 0.1) is 0 Å². The van der Waals surface area contributed by atoms with Gasteiger partial charge in [-0.15, -0.1) is 12.8 Å². The number of halogens is 2. The quantitative estimate of drug-likeness (QED) is 0.619. The third kappa shape index (κ3) is 21.9. The number of alkyl carbamates (subject to hydrolysis) is 1. The number of hydrogen-bond donors (Lipinski definition) is 2. The largest absolute Gasteiger partial charge is 0.444 e. The molecule has 144 valence electrons. The summed E-state index contributed by atoms with van der Waals surface area (Å²) in [6, 6.07) is 3.42. The topological polar surface area (TPSA) is 58.6 Å². The summed E-state index contributed by atoms with van der Waals surface area (Å²) < 4.78 is 29.3. The smallest absolute Gasteiger partial charge is 0.407 e. The minimum absolute atomic E-state index is 0.0792. The second-order valence-electron chi connectivity index (χ2n) is 5.45. The fourth-order valence-corrected chi connectivity index (χ4v) is 1.28. The lowest BCUT2D eigenvalue weighted by atomic mass is 10.2. The highest BCUT2D eigenvalue weighted by Crippen LogP contribution is 2.06. The molecule has 0 aliphatic carbocycles. The minimum Gasteiger partial charge on any atom is -0.444 e. The number of aryl methyl sites for hydroxylation is 1. The third-order valence-electron chi connectivity index (χ3n) is 2.01. The number of benzene rings is 1. The van der Waals surface area contributed by atoms with Crippen LogP contribution in [0.3, 0.4) is 0 Å². The van der Waals surface area contributed by atoms with Crippen LogP contribution in [0.1, 0.15) is 46.6 Å². The SMILES string of the molecule is C#C.CC.CC(C)(C)OC(=O)NCCCO.Cc1cc(F)cc(F)c1. The van der Waals surface area contributed by atoms with Crippen molar-refractivity contribution in [2.45, 2.75) is 53.6 Å². The van der Waals surface area contributed by atoms with Crippen molar-refractivity contribution in [2.75, 3.05) is 13.2 Å². The fraction of sp³-hybridized carbons (Fsp3) is 0.526. The monoisotopic (exact) mass is 359 g/mol. The molecule has 4 nitrogen and oxygen atoms in total. The molecular formula is C19H31F2NO3. The number of carbonyl (C=O) groups excluding carboxylic acids is 1. The first-order valence-corrected chi connectivity index (χ1v) is 7.98. The van der Waals surface area contributed by atoms with Gasteiger partial charge in [-0.1, -0.05) is 13.8 Å². The summed E-state index contributed by atoms with van der Waals surface area (Å²) in [4.78, 5) is 10.9. The Kier molecular flexibility index (Phi) is 18.5. The van der Waals surface area contributed by atoms with Crippen LogP contribution in [-0.4, -0.2) is 30.0 Å². The molecule has 0 saturated carbocycles. The molecule has 1 aromatic rings. The highest BCUT2D eigenvalue weighted by atomic mass is 19.1. The Labute approximate surface area is 150 Å².